The van der Waals surface area contributed by atoms with Gasteiger partial charge < -0.3 is 20.1 Å². The van der Waals surface area contributed by atoms with E-state index in [2.05, 4.69) is 0 Å². The van der Waals surface area contributed by atoms with Gasteiger partial charge >= 0.3 is 7.12 Å². The summed E-state index contributed by atoms with van der Waals surface area (Å²) < 4.78 is 0. The molecule has 0 saturated carbocycles. The third-order valence-electron chi connectivity index (χ3n) is 2.28. The summed E-state index contributed by atoms with van der Waals surface area (Å²) in [7, 11) is -1.45. The van der Waals surface area contributed by atoms with Crippen molar-refractivity contribution in [3.8, 4) is 0 Å². The number of hydrogen-bond acceptors (Lipinski definition) is 4. The molecule has 0 spiro atoms. The van der Waals surface area contributed by atoms with Crippen LogP contribution in [0.15, 0.2) is 24.3 Å². The monoisotopic (exact) mass is 243 g/mol. The molecule has 0 aromatic heterocycles. The van der Waals surface area contributed by atoms with Crippen molar-refractivity contribution < 1.29 is 15.2 Å². The Kier molecular flexibility index (Phi) is 5.62. The standard InChI is InChI=1S/C10H15BClNO3/c12-5-6-13(7-8-14)10-3-1-9(2-4-10)11(15)16/h1-4,14-16H,5-8H2. The molecule has 0 heterocycles. The number of nitrogens with zero attached hydrogens (tertiary/aromatic N) is 1. The van der Waals surface area contributed by atoms with Gasteiger partial charge in [-0.25, -0.2) is 0 Å². The number of alkyl halides is 1. The second-order valence-corrected chi connectivity index (χ2v) is 3.74. The lowest BCUT2D eigenvalue weighted by Crippen LogP contribution is -2.31. The highest BCUT2D eigenvalue weighted by Gasteiger charge is 2.11. The van der Waals surface area contributed by atoms with Crippen molar-refractivity contribution >= 4 is 29.9 Å². The number of aliphatic hydroxyl groups excluding tert-OH is 1. The SMILES string of the molecule is OCCN(CCCl)c1ccc(B(O)O)cc1. The normalized spacial score (nSPS) is 10.2. The molecule has 0 aliphatic heterocycles. The van der Waals surface area contributed by atoms with E-state index in [4.69, 9.17) is 26.8 Å². The zero-order valence-electron chi connectivity index (χ0n) is 8.88. The Morgan fingerprint density at radius 3 is 2.19 bits per heavy atom. The molecule has 6 heteroatoms. The molecule has 0 saturated heterocycles. The number of halogens is 1. The first kappa shape index (κ1) is 13.3. The lowest BCUT2D eigenvalue weighted by atomic mass is 9.80. The summed E-state index contributed by atoms with van der Waals surface area (Å²) in [5.74, 6) is 0.477. The van der Waals surface area contributed by atoms with Gasteiger partial charge in [0.25, 0.3) is 0 Å². The molecule has 0 atom stereocenters. The molecule has 1 rings (SSSR count). The van der Waals surface area contributed by atoms with Crippen LogP contribution >= 0.6 is 11.6 Å². The molecule has 1 aromatic carbocycles. The van der Waals surface area contributed by atoms with Crippen molar-refractivity contribution in [2.75, 3.05) is 30.5 Å². The van der Waals surface area contributed by atoms with Gasteiger partial charge in [-0.3, -0.25) is 0 Å². The van der Waals surface area contributed by atoms with Crippen molar-refractivity contribution in [1.29, 1.82) is 0 Å². The maximum atomic E-state index is 8.94. The minimum absolute atomic E-state index is 0.0568. The average Bonchev–Trinajstić information content (AvgIpc) is 2.29. The summed E-state index contributed by atoms with van der Waals surface area (Å²) in [6.07, 6.45) is 0. The van der Waals surface area contributed by atoms with Gasteiger partial charge in [0, 0.05) is 24.7 Å². The summed E-state index contributed by atoms with van der Waals surface area (Å²) in [5, 5.41) is 26.8. The molecule has 0 fully saturated rings. The van der Waals surface area contributed by atoms with Crippen LogP contribution in [0.2, 0.25) is 0 Å². The van der Waals surface area contributed by atoms with E-state index in [9.17, 15) is 0 Å². The van der Waals surface area contributed by atoms with E-state index >= 15 is 0 Å². The Bertz CT molecular complexity index is 301. The fourth-order valence-electron chi connectivity index (χ4n) is 1.45. The number of hydrogen-bond donors (Lipinski definition) is 3. The van der Waals surface area contributed by atoms with Gasteiger partial charge in [0.1, 0.15) is 0 Å². The summed E-state index contributed by atoms with van der Waals surface area (Å²) in [5.41, 5.74) is 1.35. The Hall–Kier alpha value is -0.745. The van der Waals surface area contributed by atoms with E-state index in [0.29, 0.717) is 24.4 Å². The lowest BCUT2D eigenvalue weighted by Gasteiger charge is -2.23. The first-order valence-electron chi connectivity index (χ1n) is 5.07. The lowest BCUT2D eigenvalue weighted by molar-refractivity contribution is 0.302. The largest absolute Gasteiger partial charge is 0.488 e. The van der Waals surface area contributed by atoms with Gasteiger partial charge in [-0.1, -0.05) is 12.1 Å². The van der Waals surface area contributed by atoms with Crippen LogP contribution in [0, 0.1) is 0 Å². The number of benzene rings is 1. The van der Waals surface area contributed by atoms with Gasteiger partial charge in [0.2, 0.25) is 0 Å². The number of aliphatic hydroxyl groups is 1. The quantitative estimate of drug-likeness (QED) is 0.461. The summed E-state index contributed by atoms with van der Waals surface area (Å²) in [6.45, 7) is 1.21. The molecule has 0 bridgehead atoms. The van der Waals surface area contributed by atoms with E-state index in [1.807, 2.05) is 4.90 Å². The highest BCUT2D eigenvalue weighted by molar-refractivity contribution is 6.58. The first-order chi connectivity index (χ1) is 7.69. The fraction of sp³-hybridized carbons (Fsp3) is 0.400. The second kappa shape index (κ2) is 6.76. The third-order valence-corrected chi connectivity index (χ3v) is 2.45. The Labute approximate surface area is 100 Å². The number of rotatable bonds is 6. The maximum absolute atomic E-state index is 8.94. The van der Waals surface area contributed by atoms with Gasteiger partial charge in [0.15, 0.2) is 0 Å². The minimum Gasteiger partial charge on any atom is -0.423 e. The third kappa shape index (κ3) is 3.68. The van der Waals surface area contributed by atoms with Gasteiger partial charge in [-0.05, 0) is 17.6 Å². The molecule has 16 heavy (non-hydrogen) atoms. The van der Waals surface area contributed by atoms with Crippen LogP contribution in [0.3, 0.4) is 0 Å². The van der Waals surface area contributed by atoms with Gasteiger partial charge in [-0.15, -0.1) is 11.6 Å². The van der Waals surface area contributed by atoms with Crippen molar-refractivity contribution in [3.63, 3.8) is 0 Å². The van der Waals surface area contributed by atoms with Gasteiger partial charge in [-0.2, -0.15) is 0 Å². The van der Waals surface area contributed by atoms with Crippen LogP contribution in [0.25, 0.3) is 0 Å². The summed E-state index contributed by atoms with van der Waals surface area (Å²) in [6, 6.07) is 6.82. The highest BCUT2D eigenvalue weighted by Crippen LogP contribution is 2.11. The van der Waals surface area contributed by atoms with Crippen molar-refractivity contribution in [2.45, 2.75) is 0 Å². The van der Waals surface area contributed by atoms with E-state index < -0.39 is 7.12 Å². The molecule has 0 radical (unpaired) electrons. The van der Waals surface area contributed by atoms with E-state index in [-0.39, 0.29) is 6.61 Å². The topological polar surface area (TPSA) is 63.9 Å². The van der Waals surface area contributed by atoms with Crippen molar-refractivity contribution in [3.05, 3.63) is 24.3 Å². The molecule has 1 aromatic rings. The van der Waals surface area contributed by atoms with Crippen molar-refractivity contribution in [2.24, 2.45) is 0 Å². The van der Waals surface area contributed by atoms with Crippen LogP contribution in [-0.4, -0.2) is 47.8 Å². The van der Waals surface area contributed by atoms with Crippen molar-refractivity contribution in [1.82, 2.24) is 0 Å². The minimum atomic E-state index is -1.45. The average molecular weight is 243 g/mol. The Morgan fingerprint density at radius 1 is 1.12 bits per heavy atom. The van der Waals surface area contributed by atoms with Crippen LogP contribution in [0.5, 0.6) is 0 Å². The molecule has 0 aliphatic carbocycles. The molecular weight excluding hydrogens is 228 g/mol. The van der Waals surface area contributed by atoms with E-state index in [1.165, 1.54) is 0 Å². The zero-order valence-corrected chi connectivity index (χ0v) is 9.64. The Balaban J connectivity index is 2.76. The highest BCUT2D eigenvalue weighted by atomic mass is 35.5. The molecule has 3 N–H and O–H groups in total. The molecule has 88 valence electrons. The summed E-state index contributed by atoms with van der Waals surface area (Å²) >= 11 is 5.66. The van der Waals surface area contributed by atoms with E-state index in [0.717, 1.165) is 5.69 Å². The van der Waals surface area contributed by atoms with Crippen LogP contribution in [0.4, 0.5) is 5.69 Å². The Morgan fingerprint density at radius 2 is 1.75 bits per heavy atom. The van der Waals surface area contributed by atoms with E-state index in [1.54, 1.807) is 24.3 Å². The maximum Gasteiger partial charge on any atom is 0.488 e. The molecule has 0 amide bonds. The molecule has 4 nitrogen and oxygen atoms in total. The zero-order chi connectivity index (χ0) is 12.0. The molecule has 0 aliphatic rings. The van der Waals surface area contributed by atoms with Gasteiger partial charge in [0.05, 0.1) is 6.61 Å². The molecular formula is C10H15BClNO3. The number of anilines is 1. The van der Waals surface area contributed by atoms with Crippen LogP contribution < -0.4 is 10.4 Å². The van der Waals surface area contributed by atoms with Crippen LogP contribution in [-0.2, 0) is 0 Å². The predicted octanol–water partition coefficient (Wildman–Crippen LogP) is -0.596. The summed E-state index contributed by atoms with van der Waals surface area (Å²) in [4.78, 5) is 1.93. The second-order valence-electron chi connectivity index (χ2n) is 3.36. The predicted molar refractivity (Wildman–Crippen MR) is 66.3 cm³/mol. The van der Waals surface area contributed by atoms with Crippen LogP contribution in [0.1, 0.15) is 0 Å². The smallest absolute Gasteiger partial charge is 0.423 e. The first-order valence-corrected chi connectivity index (χ1v) is 5.60. The fourth-order valence-corrected chi connectivity index (χ4v) is 1.65. The molecule has 0 unspecified atom stereocenters.